The van der Waals surface area contributed by atoms with Crippen molar-refractivity contribution in [1.82, 2.24) is 14.8 Å². The van der Waals surface area contributed by atoms with E-state index in [-0.39, 0.29) is 18.1 Å². The number of alkyl halides is 3. The van der Waals surface area contributed by atoms with Crippen LogP contribution in [0.3, 0.4) is 0 Å². The zero-order valence-electron chi connectivity index (χ0n) is 15.0. The van der Waals surface area contributed by atoms with Gasteiger partial charge < -0.3 is 9.73 Å². The van der Waals surface area contributed by atoms with E-state index in [9.17, 15) is 18.0 Å². The molecule has 148 valence electrons. The molecule has 9 heteroatoms. The minimum absolute atomic E-state index is 0.0915. The van der Waals surface area contributed by atoms with E-state index in [1.807, 2.05) is 6.07 Å². The molecule has 0 fully saturated rings. The van der Waals surface area contributed by atoms with Crippen LogP contribution in [0.4, 0.5) is 19.1 Å². The lowest BCUT2D eigenvalue weighted by molar-refractivity contribution is -0.137. The Bertz CT molecular complexity index is 1100. The Hall–Kier alpha value is -3.36. The predicted octanol–water partition coefficient (Wildman–Crippen LogP) is 4.31. The number of rotatable bonds is 2. The fourth-order valence-corrected chi connectivity index (χ4v) is 4.04. The SMILES string of the molecule is O=C1C[C@@H](c2ccco2)CC2=C1[C@H](c1ccc(C(F)(F)F)cc1)n1ncnc1N2. The Morgan fingerprint density at radius 2 is 1.93 bits per heavy atom. The Kier molecular flexibility index (Phi) is 3.87. The van der Waals surface area contributed by atoms with Gasteiger partial charge in [-0.1, -0.05) is 12.1 Å². The number of nitrogens with one attached hydrogen (secondary N) is 1. The number of nitrogens with zero attached hydrogens (tertiary/aromatic N) is 3. The van der Waals surface area contributed by atoms with Crippen LogP contribution in [0, 0.1) is 0 Å². The summed E-state index contributed by atoms with van der Waals surface area (Å²) >= 11 is 0. The molecular formula is C20H15F3N4O2. The number of benzene rings is 1. The van der Waals surface area contributed by atoms with Gasteiger partial charge in [0.25, 0.3) is 0 Å². The van der Waals surface area contributed by atoms with E-state index in [1.54, 1.807) is 12.3 Å². The van der Waals surface area contributed by atoms with Crippen LogP contribution in [0.2, 0.25) is 0 Å². The molecule has 3 aromatic rings. The monoisotopic (exact) mass is 400 g/mol. The van der Waals surface area contributed by atoms with Crippen molar-refractivity contribution in [2.75, 3.05) is 5.32 Å². The summed E-state index contributed by atoms with van der Waals surface area (Å²) in [6, 6.07) is 7.81. The van der Waals surface area contributed by atoms with Gasteiger partial charge in [0, 0.05) is 23.6 Å². The van der Waals surface area contributed by atoms with Crippen LogP contribution in [0.15, 0.2) is 64.7 Å². The normalized spacial score (nSPS) is 21.6. The molecule has 0 bridgehead atoms. The summed E-state index contributed by atoms with van der Waals surface area (Å²) in [7, 11) is 0. The smallest absolute Gasteiger partial charge is 0.416 e. The first-order valence-corrected chi connectivity index (χ1v) is 9.05. The molecule has 2 atom stereocenters. The second-order valence-electron chi connectivity index (χ2n) is 7.11. The zero-order chi connectivity index (χ0) is 20.2. The van der Waals surface area contributed by atoms with Crippen molar-refractivity contribution >= 4 is 11.7 Å². The van der Waals surface area contributed by atoms with Crippen molar-refractivity contribution in [3.8, 4) is 0 Å². The molecule has 2 aliphatic rings. The summed E-state index contributed by atoms with van der Waals surface area (Å²) in [5, 5.41) is 7.36. The van der Waals surface area contributed by atoms with E-state index < -0.39 is 17.8 Å². The van der Waals surface area contributed by atoms with Crippen LogP contribution in [0.1, 0.15) is 41.7 Å². The number of Topliss-reactive ketones (excluding diaryl/α,β-unsaturated/α-hetero) is 1. The van der Waals surface area contributed by atoms with Crippen LogP contribution < -0.4 is 5.32 Å². The first kappa shape index (κ1) is 17.7. The highest BCUT2D eigenvalue weighted by Gasteiger charge is 2.40. The molecule has 1 aliphatic heterocycles. The Morgan fingerprint density at radius 1 is 1.14 bits per heavy atom. The average molecular weight is 400 g/mol. The lowest BCUT2D eigenvalue weighted by Crippen LogP contribution is -2.33. The van der Waals surface area contributed by atoms with Gasteiger partial charge in [-0.15, -0.1) is 0 Å². The highest BCUT2D eigenvalue weighted by Crippen LogP contribution is 2.44. The number of allylic oxidation sites excluding steroid dienone is 2. The fraction of sp³-hybridized carbons (Fsp3) is 0.250. The molecule has 6 nitrogen and oxygen atoms in total. The number of carbonyl (C=O) groups excluding carboxylic acids is 1. The van der Waals surface area contributed by atoms with E-state index in [0.29, 0.717) is 29.2 Å². The number of aromatic nitrogens is 3. The molecule has 3 heterocycles. The first-order valence-electron chi connectivity index (χ1n) is 9.05. The Balaban J connectivity index is 1.58. The average Bonchev–Trinajstić information content (AvgIpc) is 3.37. The lowest BCUT2D eigenvalue weighted by atomic mass is 9.79. The number of halogens is 3. The molecule has 0 unspecified atom stereocenters. The maximum Gasteiger partial charge on any atom is 0.416 e. The third kappa shape index (κ3) is 2.93. The molecule has 29 heavy (non-hydrogen) atoms. The van der Waals surface area contributed by atoms with Crippen molar-refractivity contribution < 1.29 is 22.4 Å². The highest BCUT2D eigenvalue weighted by atomic mass is 19.4. The van der Waals surface area contributed by atoms with Crippen molar-refractivity contribution in [3.05, 3.63) is 77.1 Å². The number of fused-ring (bicyclic) bond motifs is 1. The molecule has 0 saturated heterocycles. The summed E-state index contributed by atoms with van der Waals surface area (Å²) in [6.07, 6.45) is -0.702. The van der Waals surface area contributed by atoms with Gasteiger partial charge in [0.15, 0.2) is 5.78 Å². The largest absolute Gasteiger partial charge is 0.469 e. The summed E-state index contributed by atoms with van der Waals surface area (Å²) in [6.45, 7) is 0. The number of hydrogen-bond donors (Lipinski definition) is 1. The molecule has 0 saturated carbocycles. The van der Waals surface area contributed by atoms with Gasteiger partial charge in [-0.3, -0.25) is 4.79 Å². The topological polar surface area (TPSA) is 73.0 Å². The summed E-state index contributed by atoms with van der Waals surface area (Å²) in [4.78, 5) is 17.3. The number of anilines is 1. The summed E-state index contributed by atoms with van der Waals surface area (Å²) in [5.41, 5.74) is 1.01. The van der Waals surface area contributed by atoms with Crippen molar-refractivity contribution in [1.29, 1.82) is 0 Å². The quantitative estimate of drug-likeness (QED) is 0.694. The summed E-state index contributed by atoms with van der Waals surface area (Å²) < 4.78 is 45.9. The van der Waals surface area contributed by atoms with Gasteiger partial charge in [0.1, 0.15) is 18.1 Å². The number of ketones is 1. The third-order valence-corrected chi connectivity index (χ3v) is 5.36. The zero-order valence-corrected chi connectivity index (χ0v) is 15.0. The van der Waals surface area contributed by atoms with E-state index in [2.05, 4.69) is 15.4 Å². The van der Waals surface area contributed by atoms with Crippen LogP contribution in [0.5, 0.6) is 0 Å². The Labute approximate surface area is 163 Å². The number of hydrogen-bond acceptors (Lipinski definition) is 5. The van der Waals surface area contributed by atoms with Crippen LogP contribution >= 0.6 is 0 Å². The maximum atomic E-state index is 13.1. The molecule has 0 radical (unpaired) electrons. The second-order valence-corrected chi connectivity index (χ2v) is 7.11. The van der Waals surface area contributed by atoms with E-state index in [1.165, 1.54) is 23.1 Å². The molecule has 2 aromatic heterocycles. The van der Waals surface area contributed by atoms with Gasteiger partial charge in [0.05, 0.1) is 11.8 Å². The van der Waals surface area contributed by atoms with E-state index >= 15 is 0 Å². The van der Waals surface area contributed by atoms with Gasteiger partial charge in [-0.2, -0.15) is 23.3 Å². The molecular weight excluding hydrogens is 385 g/mol. The fourth-order valence-electron chi connectivity index (χ4n) is 4.04. The van der Waals surface area contributed by atoms with Crippen LogP contribution in [-0.4, -0.2) is 20.5 Å². The lowest BCUT2D eigenvalue weighted by Gasteiger charge is -2.34. The molecule has 5 rings (SSSR count). The van der Waals surface area contributed by atoms with Crippen LogP contribution in [0.25, 0.3) is 0 Å². The van der Waals surface area contributed by atoms with Gasteiger partial charge >= 0.3 is 6.18 Å². The standard InChI is InChI=1S/C20H15F3N4O2/c21-20(22,23)13-5-3-11(4-6-13)18-17-14(26-19-24-10-25-27(18)19)8-12(9-15(17)28)16-2-1-7-29-16/h1-7,10,12,18H,8-9H2,(H,24,25,26)/t12-,18-/m0/s1. The minimum atomic E-state index is -4.42. The molecule has 0 spiro atoms. The first-order chi connectivity index (χ1) is 13.9. The molecule has 0 amide bonds. The molecule has 1 N–H and O–H groups in total. The van der Waals surface area contributed by atoms with Gasteiger partial charge in [-0.25, -0.2) is 4.68 Å². The molecule has 1 aliphatic carbocycles. The van der Waals surface area contributed by atoms with Crippen molar-refractivity contribution in [2.45, 2.75) is 31.0 Å². The van der Waals surface area contributed by atoms with E-state index in [0.717, 1.165) is 17.9 Å². The van der Waals surface area contributed by atoms with Gasteiger partial charge in [0.2, 0.25) is 5.95 Å². The van der Waals surface area contributed by atoms with Crippen molar-refractivity contribution in [2.24, 2.45) is 0 Å². The maximum absolute atomic E-state index is 13.1. The third-order valence-electron chi connectivity index (χ3n) is 5.36. The van der Waals surface area contributed by atoms with Gasteiger partial charge in [-0.05, 0) is 36.2 Å². The minimum Gasteiger partial charge on any atom is -0.469 e. The second kappa shape index (κ2) is 6.33. The van der Waals surface area contributed by atoms with E-state index in [4.69, 9.17) is 4.42 Å². The predicted molar refractivity (Wildman–Crippen MR) is 95.9 cm³/mol. The summed E-state index contributed by atoms with van der Waals surface area (Å²) in [5.74, 6) is 0.976. The number of carbonyl (C=O) groups is 1. The molecule has 1 aromatic carbocycles. The Morgan fingerprint density at radius 3 is 2.62 bits per heavy atom. The van der Waals surface area contributed by atoms with Crippen LogP contribution in [-0.2, 0) is 11.0 Å². The highest BCUT2D eigenvalue weighted by molar-refractivity contribution is 6.00. The number of furan rings is 1. The van der Waals surface area contributed by atoms with Crippen molar-refractivity contribution in [3.63, 3.8) is 0 Å².